The van der Waals surface area contributed by atoms with Gasteiger partial charge in [-0.3, -0.25) is 13.9 Å². The summed E-state index contributed by atoms with van der Waals surface area (Å²) in [6.07, 6.45) is 7.05. The van der Waals surface area contributed by atoms with Crippen molar-refractivity contribution in [3.8, 4) is 0 Å². The van der Waals surface area contributed by atoms with Gasteiger partial charge in [-0.05, 0) is 12.2 Å². The number of hydrogen-bond acceptors (Lipinski definition) is 4. The quantitative estimate of drug-likeness (QED) is 0.774. The van der Waals surface area contributed by atoms with Crippen LogP contribution in [0, 0.1) is 0 Å². The molecular formula is C14H14N2O4. The molecule has 0 aromatic carbocycles. The monoisotopic (exact) mass is 274 g/mol. The molecule has 0 saturated heterocycles. The molecule has 0 aliphatic heterocycles. The fraction of sp³-hybridized carbons (Fsp3) is 0.286. The SMILES string of the molecule is COC1C=Cc2oc3c(c2C=C1)c(=O)n(C)c(=O)n3C. The van der Waals surface area contributed by atoms with Gasteiger partial charge in [0.2, 0.25) is 5.71 Å². The Labute approximate surface area is 114 Å². The van der Waals surface area contributed by atoms with Crippen LogP contribution in [-0.4, -0.2) is 22.3 Å². The van der Waals surface area contributed by atoms with Crippen LogP contribution in [0.1, 0.15) is 11.3 Å². The molecule has 0 spiro atoms. The third-order valence-corrected chi connectivity index (χ3v) is 3.51. The van der Waals surface area contributed by atoms with Gasteiger partial charge in [-0.25, -0.2) is 4.79 Å². The Hall–Kier alpha value is -2.34. The van der Waals surface area contributed by atoms with E-state index in [0.29, 0.717) is 16.7 Å². The molecule has 0 radical (unpaired) electrons. The van der Waals surface area contributed by atoms with Gasteiger partial charge in [-0.2, -0.15) is 0 Å². The maximum atomic E-state index is 12.3. The first-order valence-electron chi connectivity index (χ1n) is 6.16. The van der Waals surface area contributed by atoms with E-state index in [1.54, 1.807) is 26.3 Å². The van der Waals surface area contributed by atoms with Crippen LogP contribution < -0.4 is 11.2 Å². The van der Waals surface area contributed by atoms with Crippen molar-refractivity contribution in [2.24, 2.45) is 14.1 Å². The van der Waals surface area contributed by atoms with E-state index in [1.165, 1.54) is 11.6 Å². The van der Waals surface area contributed by atoms with E-state index in [1.807, 2.05) is 12.2 Å². The minimum atomic E-state index is -0.408. The molecule has 6 nitrogen and oxygen atoms in total. The number of furan rings is 1. The third-order valence-electron chi connectivity index (χ3n) is 3.51. The Morgan fingerprint density at radius 1 is 1.15 bits per heavy atom. The van der Waals surface area contributed by atoms with E-state index in [-0.39, 0.29) is 17.4 Å². The van der Waals surface area contributed by atoms with Crippen molar-refractivity contribution in [2.75, 3.05) is 7.11 Å². The Kier molecular flexibility index (Phi) is 2.76. The summed E-state index contributed by atoms with van der Waals surface area (Å²) >= 11 is 0. The lowest BCUT2D eigenvalue weighted by molar-refractivity contribution is 0.179. The molecule has 104 valence electrons. The molecule has 1 atom stereocenters. The number of hydrogen-bond donors (Lipinski definition) is 0. The first-order valence-corrected chi connectivity index (χ1v) is 6.16. The summed E-state index contributed by atoms with van der Waals surface area (Å²) in [6.45, 7) is 0. The summed E-state index contributed by atoms with van der Waals surface area (Å²) in [5.41, 5.74) is 0.191. The van der Waals surface area contributed by atoms with Crippen LogP contribution in [-0.2, 0) is 18.8 Å². The van der Waals surface area contributed by atoms with Gasteiger partial charge in [0.25, 0.3) is 5.56 Å². The first-order chi connectivity index (χ1) is 9.54. The average Bonchev–Trinajstić information content (AvgIpc) is 2.70. The molecular weight excluding hydrogens is 260 g/mol. The zero-order chi connectivity index (χ0) is 14.4. The van der Waals surface area contributed by atoms with Crippen molar-refractivity contribution < 1.29 is 9.15 Å². The minimum absolute atomic E-state index is 0.163. The predicted octanol–water partition coefficient (Wildman–Crippen LogP) is 0.885. The van der Waals surface area contributed by atoms with E-state index in [9.17, 15) is 9.59 Å². The Morgan fingerprint density at radius 3 is 2.55 bits per heavy atom. The van der Waals surface area contributed by atoms with Crippen LogP contribution in [0.2, 0.25) is 0 Å². The lowest BCUT2D eigenvalue weighted by Crippen LogP contribution is -2.36. The Morgan fingerprint density at radius 2 is 1.85 bits per heavy atom. The topological polar surface area (TPSA) is 66.4 Å². The molecule has 0 saturated carbocycles. The molecule has 20 heavy (non-hydrogen) atoms. The lowest BCUT2D eigenvalue weighted by Gasteiger charge is -2.03. The molecule has 0 amide bonds. The predicted molar refractivity (Wildman–Crippen MR) is 75.6 cm³/mol. The summed E-state index contributed by atoms with van der Waals surface area (Å²) in [7, 11) is 4.64. The highest BCUT2D eigenvalue weighted by atomic mass is 16.5. The summed E-state index contributed by atoms with van der Waals surface area (Å²) in [5, 5.41) is 0.405. The van der Waals surface area contributed by atoms with Crippen LogP contribution in [0.4, 0.5) is 0 Å². The number of aromatic nitrogens is 2. The normalized spacial score (nSPS) is 17.4. The highest BCUT2D eigenvalue weighted by Gasteiger charge is 2.20. The molecule has 0 N–H and O–H groups in total. The number of ether oxygens (including phenoxy) is 1. The first kappa shape index (κ1) is 12.7. The van der Waals surface area contributed by atoms with Crippen LogP contribution >= 0.6 is 0 Å². The maximum Gasteiger partial charge on any atom is 0.333 e. The van der Waals surface area contributed by atoms with Crippen molar-refractivity contribution in [2.45, 2.75) is 6.10 Å². The second-order valence-corrected chi connectivity index (χ2v) is 4.68. The number of nitrogens with zero attached hydrogens (tertiary/aromatic N) is 2. The number of rotatable bonds is 1. The Bertz CT molecular complexity index is 864. The minimum Gasteiger partial charge on any atom is -0.439 e. The number of methoxy groups -OCH3 is 1. The van der Waals surface area contributed by atoms with E-state index in [2.05, 4.69) is 0 Å². The van der Waals surface area contributed by atoms with Crippen LogP contribution in [0.25, 0.3) is 23.3 Å². The maximum absolute atomic E-state index is 12.3. The average molecular weight is 274 g/mol. The molecule has 0 bridgehead atoms. The molecule has 1 aliphatic rings. The summed E-state index contributed by atoms with van der Waals surface area (Å²) in [5.74, 6) is 0.550. The van der Waals surface area contributed by atoms with E-state index >= 15 is 0 Å². The second-order valence-electron chi connectivity index (χ2n) is 4.68. The largest absolute Gasteiger partial charge is 0.439 e. The van der Waals surface area contributed by atoms with Gasteiger partial charge in [0, 0.05) is 26.8 Å². The standard InChI is InChI=1S/C14H14N2O4/c1-15-12(17)11-9-6-4-8(19-3)5-7-10(9)20-13(11)16(2)14(15)18/h4-8H,1-3H3. The fourth-order valence-electron chi connectivity index (χ4n) is 2.34. The van der Waals surface area contributed by atoms with Gasteiger partial charge in [-0.1, -0.05) is 12.2 Å². The zero-order valence-electron chi connectivity index (χ0n) is 11.4. The molecule has 1 unspecified atom stereocenters. The number of fused-ring (bicyclic) bond motifs is 3. The van der Waals surface area contributed by atoms with Crippen LogP contribution in [0.15, 0.2) is 26.2 Å². The molecule has 2 aromatic heterocycles. The van der Waals surface area contributed by atoms with Gasteiger partial charge >= 0.3 is 5.69 Å². The highest BCUT2D eigenvalue weighted by molar-refractivity contribution is 5.89. The van der Waals surface area contributed by atoms with Gasteiger partial charge in [0.05, 0.1) is 6.10 Å². The van der Waals surface area contributed by atoms with E-state index in [4.69, 9.17) is 9.15 Å². The molecule has 2 aromatic rings. The molecule has 3 rings (SSSR count). The highest BCUT2D eigenvalue weighted by Crippen LogP contribution is 2.27. The van der Waals surface area contributed by atoms with Crippen molar-refractivity contribution in [3.05, 3.63) is 44.3 Å². The summed E-state index contributed by atoms with van der Waals surface area (Å²) in [6, 6.07) is 0. The van der Waals surface area contributed by atoms with Gasteiger partial charge in [0.1, 0.15) is 11.1 Å². The van der Waals surface area contributed by atoms with Crippen molar-refractivity contribution in [1.82, 2.24) is 9.13 Å². The van der Waals surface area contributed by atoms with Gasteiger partial charge in [0.15, 0.2) is 0 Å². The lowest BCUT2D eigenvalue weighted by atomic mass is 10.2. The van der Waals surface area contributed by atoms with Gasteiger partial charge in [-0.15, -0.1) is 0 Å². The third kappa shape index (κ3) is 1.61. The van der Waals surface area contributed by atoms with Crippen molar-refractivity contribution in [3.63, 3.8) is 0 Å². The van der Waals surface area contributed by atoms with E-state index in [0.717, 1.165) is 4.57 Å². The van der Waals surface area contributed by atoms with E-state index < -0.39 is 5.69 Å². The summed E-state index contributed by atoms with van der Waals surface area (Å²) in [4.78, 5) is 24.2. The number of aryl methyl sites for hydroxylation is 1. The smallest absolute Gasteiger partial charge is 0.333 e. The molecule has 2 heterocycles. The van der Waals surface area contributed by atoms with Crippen LogP contribution in [0.3, 0.4) is 0 Å². The van der Waals surface area contributed by atoms with Crippen LogP contribution in [0.5, 0.6) is 0 Å². The molecule has 0 fully saturated rings. The molecule has 6 heteroatoms. The van der Waals surface area contributed by atoms with Crippen molar-refractivity contribution >= 4 is 23.3 Å². The zero-order valence-corrected chi connectivity index (χ0v) is 11.4. The summed E-state index contributed by atoms with van der Waals surface area (Å²) < 4.78 is 13.3. The molecule has 1 aliphatic carbocycles. The van der Waals surface area contributed by atoms with Gasteiger partial charge < -0.3 is 9.15 Å². The van der Waals surface area contributed by atoms with Crippen molar-refractivity contribution in [1.29, 1.82) is 0 Å². The Balaban J connectivity index is 2.43. The second kappa shape index (κ2) is 4.35. The fourth-order valence-corrected chi connectivity index (χ4v) is 2.34.